The SMILES string of the molecule is CCOC(=O)c1ncc(C)c(F)c1OCc1ccccc1. The van der Waals surface area contributed by atoms with Crippen LogP contribution in [0, 0.1) is 12.7 Å². The van der Waals surface area contributed by atoms with E-state index >= 15 is 0 Å². The molecule has 0 atom stereocenters. The van der Waals surface area contributed by atoms with Crippen molar-refractivity contribution in [1.29, 1.82) is 0 Å². The van der Waals surface area contributed by atoms with Crippen molar-refractivity contribution in [3.63, 3.8) is 0 Å². The molecule has 0 N–H and O–H groups in total. The Bertz CT molecular complexity index is 629. The summed E-state index contributed by atoms with van der Waals surface area (Å²) in [6, 6.07) is 9.30. The summed E-state index contributed by atoms with van der Waals surface area (Å²) in [4.78, 5) is 15.7. The number of aryl methyl sites for hydroxylation is 1. The fraction of sp³-hybridized carbons (Fsp3) is 0.250. The molecular weight excluding hydrogens is 273 g/mol. The predicted molar refractivity (Wildman–Crippen MR) is 75.7 cm³/mol. The summed E-state index contributed by atoms with van der Waals surface area (Å²) in [6.07, 6.45) is 1.29. The fourth-order valence-electron chi connectivity index (χ4n) is 1.77. The van der Waals surface area contributed by atoms with Crippen molar-refractivity contribution in [3.8, 4) is 5.75 Å². The van der Waals surface area contributed by atoms with E-state index in [1.165, 1.54) is 6.20 Å². The molecule has 5 heteroatoms. The number of hydrogen-bond donors (Lipinski definition) is 0. The molecule has 0 unspecified atom stereocenters. The minimum Gasteiger partial charge on any atom is -0.483 e. The molecule has 0 aliphatic heterocycles. The highest BCUT2D eigenvalue weighted by atomic mass is 19.1. The highest BCUT2D eigenvalue weighted by molar-refractivity contribution is 5.90. The summed E-state index contributed by atoms with van der Waals surface area (Å²) in [6.45, 7) is 3.57. The summed E-state index contributed by atoms with van der Waals surface area (Å²) >= 11 is 0. The zero-order chi connectivity index (χ0) is 15.2. The standard InChI is InChI=1S/C16H16FNO3/c1-3-20-16(19)14-15(13(17)11(2)9-18-14)21-10-12-7-5-4-6-8-12/h4-9H,3,10H2,1-2H3. The Morgan fingerprint density at radius 3 is 2.67 bits per heavy atom. The van der Waals surface area contributed by atoms with Gasteiger partial charge in [-0.2, -0.15) is 0 Å². The zero-order valence-electron chi connectivity index (χ0n) is 11.9. The molecule has 0 radical (unpaired) electrons. The third-order valence-corrected chi connectivity index (χ3v) is 2.84. The second kappa shape index (κ2) is 6.83. The van der Waals surface area contributed by atoms with Crippen molar-refractivity contribution in [2.24, 2.45) is 0 Å². The molecule has 21 heavy (non-hydrogen) atoms. The Kier molecular flexibility index (Phi) is 4.87. The number of nitrogens with zero attached hydrogens (tertiary/aromatic N) is 1. The van der Waals surface area contributed by atoms with E-state index in [2.05, 4.69) is 4.98 Å². The van der Waals surface area contributed by atoms with E-state index in [1.54, 1.807) is 13.8 Å². The molecule has 110 valence electrons. The van der Waals surface area contributed by atoms with Gasteiger partial charge < -0.3 is 9.47 Å². The maximum Gasteiger partial charge on any atom is 0.360 e. The lowest BCUT2D eigenvalue weighted by Crippen LogP contribution is -2.12. The lowest BCUT2D eigenvalue weighted by molar-refractivity contribution is 0.0512. The largest absolute Gasteiger partial charge is 0.483 e. The van der Waals surface area contributed by atoms with Gasteiger partial charge in [0.1, 0.15) is 6.61 Å². The number of pyridine rings is 1. The molecule has 1 aromatic carbocycles. The third-order valence-electron chi connectivity index (χ3n) is 2.84. The van der Waals surface area contributed by atoms with Gasteiger partial charge in [-0.3, -0.25) is 0 Å². The first-order valence-electron chi connectivity index (χ1n) is 6.62. The normalized spacial score (nSPS) is 10.2. The number of rotatable bonds is 5. The van der Waals surface area contributed by atoms with Crippen molar-refractivity contribution < 1.29 is 18.7 Å². The van der Waals surface area contributed by atoms with Gasteiger partial charge in [-0.15, -0.1) is 0 Å². The molecule has 0 bridgehead atoms. The lowest BCUT2D eigenvalue weighted by Gasteiger charge is -2.12. The Morgan fingerprint density at radius 2 is 2.00 bits per heavy atom. The molecule has 0 fully saturated rings. The van der Waals surface area contributed by atoms with Gasteiger partial charge in [0.15, 0.2) is 17.3 Å². The van der Waals surface area contributed by atoms with Crippen LogP contribution >= 0.6 is 0 Å². The van der Waals surface area contributed by atoms with Gasteiger partial charge in [0.2, 0.25) is 0 Å². The van der Waals surface area contributed by atoms with Crippen LogP contribution < -0.4 is 4.74 Å². The van der Waals surface area contributed by atoms with Gasteiger partial charge in [-0.25, -0.2) is 14.2 Å². The van der Waals surface area contributed by atoms with Crippen LogP contribution in [0.3, 0.4) is 0 Å². The van der Waals surface area contributed by atoms with Crippen LogP contribution in [-0.2, 0) is 11.3 Å². The summed E-state index contributed by atoms with van der Waals surface area (Å²) < 4.78 is 24.5. The van der Waals surface area contributed by atoms with E-state index in [4.69, 9.17) is 9.47 Å². The van der Waals surface area contributed by atoms with E-state index in [9.17, 15) is 9.18 Å². The summed E-state index contributed by atoms with van der Waals surface area (Å²) in [5.41, 5.74) is 1.04. The number of halogens is 1. The van der Waals surface area contributed by atoms with E-state index < -0.39 is 11.8 Å². The molecule has 2 aromatic rings. The molecular formula is C16H16FNO3. The lowest BCUT2D eigenvalue weighted by atomic mass is 10.2. The number of hydrogen-bond acceptors (Lipinski definition) is 4. The molecule has 0 amide bonds. The number of ether oxygens (including phenoxy) is 2. The highest BCUT2D eigenvalue weighted by Crippen LogP contribution is 2.25. The summed E-state index contributed by atoms with van der Waals surface area (Å²) in [5.74, 6) is -1.46. The van der Waals surface area contributed by atoms with Crippen molar-refractivity contribution in [2.75, 3.05) is 6.61 Å². The smallest absolute Gasteiger partial charge is 0.360 e. The fourth-order valence-corrected chi connectivity index (χ4v) is 1.77. The average Bonchev–Trinajstić information content (AvgIpc) is 2.50. The topological polar surface area (TPSA) is 48.4 Å². The molecule has 1 aromatic heterocycles. The monoisotopic (exact) mass is 289 g/mol. The third kappa shape index (κ3) is 3.56. The van der Waals surface area contributed by atoms with E-state index in [0.29, 0.717) is 5.56 Å². The van der Waals surface area contributed by atoms with E-state index in [-0.39, 0.29) is 24.7 Å². The van der Waals surface area contributed by atoms with Crippen LogP contribution in [-0.4, -0.2) is 17.6 Å². The van der Waals surface area contributed by atoms with Crippen molar-refractivity contribution >= 4 is 5.97 Å². The molecule has 0 spiro atoms. The molecule has 1 heterocycles. The molecule has 0 aliphatic rings. The van der Waals surface area contributed by atoms with Crippen LogP contribution in [0.15, 0.2) is 36.5 Å². The van der Waals surface area contributed by atoms with E-state index in [0.717, 1.165) is 5.56 Å². The summed E-state index contributed by atoms with van der Waals surface area (Å²) in [5, 5.41) is 0. The second-order valence-electron chi connectivity index (χ2n) is 4.43. The Labute approximate surface area is 122 Å². The predicted octanol–water partition coefficient (Wildman–Crippen LogP) is 3.28. The highest BCUT2D eigenvalue weighted by Gasteiger charge is 2.21. The van der Waals surface area contributed by atoms with Crippen LogP contribution in [0.2, 0.25) is 0 Å². The van der Waals surface area contributed by atoms with Gasteiger partial charge in [0.05, 0.1) is 6.61 Å². The number of aromatic nitrogens is 1. The van der Waals surface area contributed by atoms with Gasteiger partial charge >= 0.3 is 5.97 Å². The van der Waals surface area contributed by atoms with Gasteiger partial charge in [-0.1, -0.05) is 30.3 Å². The van der Waals surface area contributed by atoms with E-state index in [1.807, 2.05) is 30.3 Å². The van der Waals surface area contributed by atoms with Crippen LogP contribution in [0.1, 0.15) is 28.5 Å². The minimum absolute atomic E-state index is 0.143. The number of carbonyl (C=O) groups excluding carboxylic acids is 1. The Balaban J connectivity index is 2.27. The first-order chi connectivity index (χ1) is 10.1. The molecule has 4 nitrogen and oxygen atoms in total. The Hall–Kier alpha value is -2.43. The summed E-state index contributed by atoms with van der Waals surface area (Å²) in [7, 11) is 0. The molecule has 0 aliphatic carbocycles. The maximum atomic E-state index is 14.2. The van der Waals surface area contributed by atoms with Crippen LogP contribution in [0.25, 0.3) is 0 Å². The maximum absolute atomic E-state index is 14.2. The average molecular weight is 289 g/mol. The second-order valence-corrected chi connectivity index (χ2v) is 4.43. The van der Waals surface area contributed by atoms with Crippen molar-refractivity contribution in [1.82, 2.24) is 4.98 Å². The van der Waals surface area contributed by atoms with Gasteiger partial charge in [0, 0.05) is 11.8 Å². The van der Waals surface area contributed by atoms with Crippen molar-refractivity contribution in [3.05, 3.63) is 59.2 Å². The van der Waals surface area contributed by atoms with Crippen LogP contribution in [0.5, 0.6) is 5.75 Å². The first kappa shape index (κ1) is 15.0. The number of esters is 1. The van der Waals surface area contributed by atoms with Crippen molar-refractivity contribution in [2.45, 2.75) is 20.5 Å². The van der Waals surface area contributed by atoms with Crippen LogP contribution in [0.4, 0.5) is 4.39 Å². The van der Waals surface area contributed by atoms with Gasteiger partial charge in [0.25, 0.3) is 0 Å². The number of carbonyl (C=O) groups is 1. The Morgan fingerprint density at radius 1 is 1.29 bits per heavy atom. The molecule has 0 saturated heterocycles. The first-order valence-corrected chi connectivity index (χ1v) is 6.62. The quantitative estimate of drug-likeness (QED) is 0.792. The zero-order valence-corrected chi connectivity index (χ0v) is 11.9. The van der Waals surface area contributed by atoms with Gasteiger partial charge in [-0.05, 0) is 19.4 Å². The molecule has 0 saturated carbocycles. The molecule has 2 rings (SSSR count). The minimum atomic E-state index is -0.695. The number of benzene rings is 1.